The number of isocyanates is 2. The molecule has 12 heteroatoms. The Labute approximate surface area is 160 Å². The summed E-state index contributed by atoms with van der Waals surface area (Å²) < 4.78 is 49.1. The molecule has 2 rings (SSSR count). The Kier molecular flexibility index (Phi) is 6.05. The van der Waals surface area contributed by atoms with E-state index in [-0.39, 0.29) is 11.4 Å². The van der Waals surface area contributed by atoms with Gasteiger partial charge in [0, 0.05) is 6.54 Å². The van der Waals surface area contributed by atoms with Gasteiger partial charge in [0.2, 0.25) is 36.0 Å². The van der Waals surface area contributed by atoms with E-state index in [4.69, 9.17) is 11.5 Å². The van der Waals surface area contributed by atoms with Crippen LogP contribution in [0.15, 0.2) is 68.3 Å². The van der Waals surface area contributed by atoms with Crippen molar-refractivity contribution in [3.05, 3.63) is 48.5 Å². The molecule has 0 aliphatic rings. The number of aliphatic imine (C=N–C) groups is 2. The highest BCUT2D eigenvalue weighted by atomic mass is 32.3. The Balaban J connectivity index is 2.60. The molecule has 0 aliphatic heterocycles. The molecule has 0 fully saturated rings. The molecular formula is C16H14N4O6S2. The number of nitrogens with two attached hydrogens (primary N) is 2. The zero-order valence-corrected chi connectivity index (χ0v) is 15.8. The van der Waals surface area contributed by atoms with Crippen molar-refractivity contribution in [3.63, 3.8) is 0 Å². The first-order chi connectivity index (χ1) is 13.1. The molecule has 10 nitrogen and oxygen atoms in total. The van der Waals surface area contributed by atoms with Gasteiger partial charge in [0.25, 0.3) is 0 Å². The first-order valence-electron chi connectivity index (χ1n) is 7.48. The van der Waals surface area contributed by atoms with Gasteiger partial charge in [-0.3, -0.25) is 5.73 Å². The Morgan fingerprint density at radius 2 is 1.07 bits per heavy atom. The molecule has 28 heavy (non-hydrogen) atoms. The summed E-state index contributed by atoms with van der Waals surface area (Å²) in [5.41, 5.74) is 11.6. The number of nitrogens with zero attached hydrogens (tertiary/aromatic N) is 2. The third-order valence-electron chi connectivity index (χ3n) is 3.84. The molecule has 0 heterocycles. The molecule has 0 bridgehead atoms. The zero-order valence-electron chi connectivity index (χ0n) is 14.1. The minimum absolute atomic E-state index is 0.124. The van der Waals surface area contributed by atoms with Gasteiger partial charge in [-0.15, -0.1) is 0 Å². The lowest BCUT2D eigenvalue weighted by Crippen LogP contribution is -2.59. The predicted octanol–water partition coefficient (Wildman–Crippen LogP) is 0.440. The lowest BCUT2D eigenvalue weighted by molar-refractivity contribution is 0.542. The van der Waals surface area contributed by atoms with Gasteiger partial charge < -0.3 is 5.73 Å². The highest BCUT2D eigenvalue weighted by Crippen LogP contribution is 2.32. The van der Waals surface area contributed by atoms with Gasteiger partial charge in [0.05, 0.1) is 21.2 Å². The summed E-state index contributed by atoms with van der Waals surface area (Å²) in [6.45, 7) is -0.930. The summed E-state index contributed by atoms with van der Waals surface area (Å²) in [5, 5.41) is 0. The minimum Gasteiger partial charge on any atom is -0.327 e. The van der Waals surface area contributed by atoms with Gasteiger partial charge in [0.1, 0.15) is 0 Å². The van der Waals surface area contributed by atoms with Crippen molar-refractivity contribution in [2.45, 2.75) is 14.0 Å². The van der Waals surface area contributed by atoms with Crippen LogP contribution >= 0.6 is 0 Å². The van der Waals surface area contributed by atoms with E-state index in [0.717, 1.165) is 24.3 Å². The second-order valence-corrected chi connectivity index (χ2v) is 10.1. The van der Waals surface area contributed by atoms with E-state index in [0.29, 0.717) is 0 Å². The van der Waals surface area contributed by atoms with Crippen molar-refractivity contribution in [3.8, 4) is 0 Å². The maximum atomic E-state index is 13.0. The lowest BCUT2D eigenvalue weighted by Gasteiger charge is -2.27. The molecule has 2 aromatic carbocycles. The van der Waals surface area contributed by atoms with E-state index in [9.17, 15) is 26.4 Å². The fourth-order valence-corrected chi connectivity index (χ4v) is 6.23. The van der Waals surface area contributed by atoms with E-state index < -0.39 is 40.2 Å². The third-order valence-corrected chi connectivity index (χ3v) is 9.09. The first kappa shape index (κ1) is 21.3. The van der Waals surface area contributed by atoms with Gasteiger partial charge in [-0.1, -0.05) is 0 Å². The average molecular weight is 422 g/mol. The quantitative estimate of drug-likeness (QED) is 0.476. The van der Waals surface area contributed by atoms with E-state index >= 15 is 0 Å². The predicted molar refractivity (Wildman–Crippen MR) is 98.8 cm³/mol. The highest BCUT2D eigenvalue weighted by Gasteiger charge is 2.52. The number of benzene rings is 2. The molecule has 0 saturated heterocycles. The standard InChI is InChI=1S/C16H14N4O6S2/c17-9-16(18,27(23,24)14-5-1-12(2-6-14)19-10-21)28(25,26)15-7-3-13(4-8-15)20-11-22/h1-8H,9,17-18H2. The van der Waals surface area contributed by atoms with Crippen molar-refractivity contribution < 1.29 is 26.4 Å². The van der Waals surface area contributed by atoms with Crippen molar-refractivity contribution in [1.29, 1.82) is 0 Å². The highest BCUT2D eigenvalue weighted by molar-refractivity contribution is 8.10. The molecule has 0 amide bonds. The van der Waals surface area contributed by atoms with Crippen LogP contribution in [-0.4, -0.2) is 39.7 Å². The largest absolute Gasteiger partial charge is 0.327 e. The second kappa shape index (κ2) is 7.95. The molecule has 0 aliphatic carbocycles. The van der Waals surface area contributed by atoms with Crippen LogP contribution in [0.1, 0.15) is 0 Å². The van der Waals surface area contributed by atoms with E-state index in [2.05, 4.69) is 9.98 Å². The molecule has 0 atom stereocenters. The van der Waals surface area contributed by atoms with Crippen LogP contribution in [0, 0.1) is 0 Å². The Hall–Kier alpha value is -2.98. The summed E-state index contributed by atoms with van der Waals surface area (Å²) in [7, 11) is -9.34. The van der Waals surface area contributed by atoms with Crippen molar-refractivity contribution in [2.75, 3.05) is 6.54 Å². The van der Waals surface area contributed by atoms with Crippen molar-refractivity contribution >= 4 is 43.2 Å². The molecule has 2 aromatic rings. The molecule has 0 unspecified atom stereocenters. The molecular weight excluding hydrogens is 408 g/mol. The molecule has 0 radical (unpaired) electrons. The summed E-state index contributed by atoms with van der Waals surface area (Å²) in [5.74, 6) is 0. The normalized spacial score (nSPS) is 13.6. The van der Waals surface area contributed by atoms with Gasteiger partial charge in [0.15, 0.2) is 0 Å². The number of carbonyl (C=O) groups excluding carboxylic acids is 2. The minimum atomic E-state index is -4.67. The van der Waals surface area contributed by atoms with Crippen LogP contribution in [0.2, 0.25) is 0 Å². The SMILES string of the molecule is NCC(N)(S(=O)(=O)c1ccc(N=C=O)cc1)S(=O)(=O)c1ccc(N=C=O)cc1. The molecule has 4 N–H and O–H groups in total. The molecule has 146 valence electrons. The zero-order chi connectivity index (χ0) is 21.0. The van der Waals surface area contributed by atoms with Crippen LogP contribution in [0.5, 0.6) is 0 Å². The van der Waals surface area contributed by atoms with Crippen LogP contribution in [-0.2, 0) is 29.3 Å². The molecule has 0 saturated carbocycles. The number of rotatable bonds is 7. The fraction of sp³-hybridized carbons (Fsp3) is 0.125. The number of sulfone groups is 2. The molecule has 0 aromatic heterocycles. The third kappa shape index (κ3) is 3.56. The van der Waals surface area contributed by atoms with E-state index in [1.54, 1.807) is 0 Å². The molecule has 0 spiro atoms. The van der Waals surface area contributed by atoms with E-state index in [1.807, 2.05) is 0 Å². The first-order valence-corrected chi connectivity index (χ1v) is 10.4. The second-order valence-electron chi connectivity index (χ2n) is 5.42. The maximum absolute atomic E-state index is 13.0. The summed E-state index contributed by atoms with van der Waals surface area (Å²) in [4.78, 5) is 26.3. The number of hydrogen-bond acceptors (Lipinski definition) is 10. The lowest BCUT2D eigenvalue weighted by atomic mass is 10.3. The van der Waals surface area contributed by atoms with Gasteiger partial charge in [-0.2, -0.15) is 9.98 Å². The summed E-state index contributed by atoms with van der Waals surface area (Å²) >= 11 is 0. The summed E-state index contributed by atoms with van der Waals surface area (Å²) in [6.07, 6.45) is 2.59. The topological polar surface area (TPSA) is 179 Å². The van der Waals surface area contributed by atoms with Crippen LogP contribution in [0.3, 0.4) is 0 Å². The van der Waals surface area contributed by atoms with Gasteiger partial charge in [-0.05, 0) is 48.5 Å². The summed E-state index contributed by atoms with van der Waals surface area (Å²) in [6, 6.07) is 8.98. The average Bonchev–Trinajstić information content (AvgIpc) is 2.68. The van der Waals surface area contributed by atoms with E-state index in [1.165, 1.54) is 36.4 Å². The Morgan fingerprint density at radius 3 is 1.32 bits per heavy atom. The Morgan fingerprint density at radius 1 is 0.750 bits per heavy atom. The Bertz CT molecular complexity index is 1090. The van der Waals surface area contributed by atoms with Crippen molar-refractivity contribution in [1.82, 2.24) is 0 Å². The van der Waals surface area contributed by atoms with Crippen LogP contribution in [0.4, 0.5) is 11.4 Å². The van der Waals surface area contributed by atoms with Crippen molar-refractivity contribution in [2.24, 2.45) is 21.5 Å². The van der Waals surface area contributed by atoms with Crippen LogP contribution in [0.25, 0.3) is 0 Å². The van der Waals surface area contributed by atoms with Gasteiger partial charge in [-0.25, -0.2) is 26.4 Å². The van der Waals surface area contributed by atoms with Crippen LogP contribution < -0.4 is 11.5 Å². The smallest absolute Gasteiger partial charge is 0.242 e. The fourth-order valence-electron chi connectivity index (χ4n) is 2.27. The maximum Gasteiger partial charge on any atom is 0.242 e. The number of hydrogen-bond donors (Lipinski definition) is 2. The monoisotopic (exact) mass is 422 g/mol. The van der Waals surface area contributed by atoms with Gasteiger partial charge >= 0.3 is 0 Å².